The van der Waals surface area contributed by atoms with Gasteiger partial charge < -0.3 is 10.1 Å². The number of carbonyl (C=O) groups is 1. The molecule has 1 N–H and O–H groups in total. The Morgan fingerprint density at radius 3 is 2.48 bits per heavy atom. The van der Waals surface area contributed by atoms with E-state index in [0.717, 1.165) is 15.9 Å². The molecule has 0 aliphatic rings. The Kier molecular flexibility index (Phi) is 4.96. The quantitative estimate of drug-likeness (QED) is 0.844. The maximum Gasteiger partial charge on any atom is 0.339 e. The van der Waals surface area contributed by atoms with E-state index in [2.05, 4.69) is 45.3 Å². The van der Waals surface area contributed by atoms with Crippen molar-refractivity contribution in [2.45, 2.75) is 19.9 Å². The van der Waals surface area contributed by atoms with Crippen molar-refractivity contribution in [1.82, 2.24) is 4.98 Å². The molecule has 110 valence electrons. The number of methoxy groups -OCH3 is 1. The first-order valence-electron chi connectivity index (χ1n) is 6.59. The van der Waals surface area contributed by atoms with Gasteiger partial charge in [0.05, 0.1) is 18.4 Å². The van der Waals surface area contributed by atoms with Crippen molar-refractivity contribution < 1.29 is 9.53 Å². The molecule has 21 heavy (non-hydrogen) atoms. The number of hydrogen-bond acceptors (Lipinski definition) is 4. The van der Waals surface area contributed by atoms with E-state index in [4.69, 9.17) is 4.74 Å². The summed E-state index contributed by atoms with van der Waals surface area (Å²) < 4.78 is 5.77. The third kappa shape index (κ3) is 3.82. The van der Waals surface area contributed by atoms with Gasteiger partial charge in [0.25, 0.3) is 0 Å². The fourth-order valence-corrected chi connectivity index (χ4v) is 2.29. The number of aromatic nitrogens is 1. The van der Waals surface area contributed by atoms with Gasteiger partial charge in [-0.2, -0.15) is 0 Å². The van der Waals surface area contributed by atoms with Gasteiger partial charge in [-0.25, -0.2) is 9.78 Å². The minimum absolute atomic E-state index is 0.119. The van der Waals surface area contributed by atoms with Gasteiger partial charge in [-0.15, -0.1) is 0 Å². The summed E-state index contributed by atoms with van der Waals surface area (Å²) in [6, 6.07) is 11.8. The predicted molar refractivity (Wildman–Crippen MR) is 86.5 cm³/mol. The number of nitrogens with zero attached hydrogens (tertiary/aromatic N) is 1. The third-order valence-corrected chi connectivity index (χ3v) is 3.75. The second-order valence-corrected chi connectivity index (χ2v) is 5.65. The van der Waals surface area contributed by atoms with Crippen LogP contribution in [-0.2, 0) is 4.74 Å². The highest BCUT2D eigenvalue weighted by Gasteiger charge is 2.12. The molecule has 0 aliphatic carbocycles. The first-order valence-corrected chi connectivity index (χ1v) is 7.38. The number of carbonyl (C=O) groups excluding carboxylic acids is 1. The number of esters is 1. The number of benzene rings is 1. The highest BCUT2D eigenvalue weighted by molar-refractivity contribution is 9.10. The molecule has 0 fully saturated rings. The van der Waals surface area contributed by atoms with Gasteiger partial charge >= 0.3 is 5.97 Å². The monoisotopic (exact) mass is 348 g/mol. The van der Waals surface area contributed by atoms with E-state index in [1.54, 1.807) is 19.1 Å². The summed E-state index contributed by atoms with van der Waals surface area (Å²) in [7, 11) is 1.36. The first-order chi connectivity index (χ1) is 10.0. The summed E-state index contributed by atoms with van der Waals surface area (Å²) in [5.41, 5.74) is 2.30. The molecule has 0 saturated heterocycles. The summed E-state index contributed by atoms with van der Waals surface area (Å²) in [6.07, 6.45) is 0. The molecule has 2 rings (SSSR count). The molecule has 1 unspecified atom stereocenters. The third-order valence-electron chi connectivity index (χ3n) is 3.23. The number of hydrogen-bond donors (Lipinski definition) is 1. The molecule has 1 aromatic heterocycles. The van der Waals surface area contributed by atoms with Gasteiger partial charge in [0, 0.05) is 10.5 Å². The molecule has 5 heteroatoms. The highest BCUT2D eigenvalue weighted by Crippen LogP contribution is 2.21. The number of aryl methyl sites for hydroxylation is 1. The van der Waals surface area contributed by atoms with Crippen LogP contribution in [0.15, 0.2) is 40.9 Å². The maximum atomic E-state index is 11.5. The number of anilines is 1. The number of pyridine rings is 1. The van der Waals surface area contributed by atoms with E-state index in [-0.39, 0.29) is 12.0 Å². The molecular weight excluding hydrogens is 332 g/mol. The Labute approximate surface area is 132 Å². The van der Waals surface area contributed by atoms with Gasteiger partial charge in [-0.1, -0.05) is 28.1 Å². The van der Waals surface area contributed by atoms with Crippen molar-refractivity contribution in [1.29, 1.82) is 0 Å². The topological polar surface area (TPSA) is 51.2 Å². The lowest BCUT2D eigenvalue weighted by Crippen LogP contribution is -2.10. The Morgan fingerprint density at radius 1 is 1.24 bits per heavy atom. The summed E-state index contributed by atoms with van der Waals surface area (Å²) in [4.78, 5) is 15.9. The number of ether oxygens (including phenoxy) is 1. The zero-order valence-electron chi connectivity index (χ0n) is 12.2. The molecule has 0 aliphatic heterocycles. The average molecular weight is 349 g/mol. The van der Waals surface area contributed by atoms with Gasteiger partial charge in [0.15, 0.2) is 0 Å². The van der Waals surface area contributed by atoms with E-state index in [1.807, 2.05) is 12.1 Å². The van der Waals surface area contributed by atoms with E-state index in [0.29, 0.717) is 11.3 Å². The SMILES string of the molecule is COC(=O)c1ccc(NC(C)c2ccc(Br)cc2)nc1C. The van der Waals surface area contributed by atoms with E-state index in [1.165, 1.54) is 7.11 Å². The minimum Gasteiger partial charge on any atom is -0.465 e. The molecule has 0 saturated carbocycles. The number of nitrogens with one attached hydrogen (secondary N) is 1. The van der Waals surface area contributed by atoms with Crippen LogP contribution >= 0.6 is 15.9 Å². The molecule has 0 spiro atoms. The van der Waals surface area contributed by atoms with Crippen LogP contribution in [0, 0.1) is 6.92 Å². The van der Waals surface area contributed by atoms with Crippen LogP contribution in [0.4, 0.5) is 5.82 Å². The van der Waals surface area contributed by atoms with Gasteiger partial charge in [-0.05, 0) is 43.7 Å². The van der Waals surface area contributed by atoms with E-state index < -0.39 is 0 Å². The molecule has 1 atom stereocenters. The predicted octanol–water partition coefficient (Wildman–Crippen LogP) is 4.11. The first kappa shape index (κ1) is 15.5. The second kappa shape index (κ2) is 6.72. The number of rotatable bonds is 4. The Morgan fingerprint density at radius 2 is 1.90 bits per heavy atom. The molecule has 0 amide bonds. The van der Waals surface area contributed by atoms with Gasteiger partial charge in [-0.3, -0.25) is 0 Å². The molecule has 0 bridgehead atoms. The Balaban J connectivity index is 2.14. The summed E-state index contributed by atoms with van der Waals surface area (Å²) in [5, 5.41) is 3.32. The molecule has 1 heterocycles. The van der Waals surface area contributed by atoms with Crippen molar-refractivity contribution in [2.75, 3.05) is 12.4 Å². The largest absolute Gasteiger partial charge is 0.465 e. The lowest BCUT2D eigenvalue weighted by atomic mass is 10.1. The van der Waals surface area contributed by atoms with Crippen molar-refractivity contribution in [3.8, 4) is 0 Å². The molecule has 4 nitrogen and oxygen atoms in total. The van der Waals surface area contributed by atoms with Crippen LogP contribution in [-0.4, -0.2) is 18.1 Å². The van der Waals surface area contributed by atoms with Gasteiger partial charge in [0.1, 0.15) is 5.82 Å². The summed E-state index contributed by atoms with van der Waals surface area (Å²) in [6.45, 7) is 3.86. The number of halogens is 1. The minimum atomic E-state index is -0.368. The van der Waals surface area contributed by atoms with Crippen molar-refractivity contribution in [3.63, 3.8) is 0 Å². The lowest BCUT2D eigenvalue weighted by Gasteiger charge is -2.16. The van der Waals surface area contributed by atoms with Crippen molar-refractivity contribution in [3.05, 3.63) is 57.7 Å². The highest BCUT2D eigenvalue weighted by atomic mass is 79.9. The zero-order chi connectivity index (χ0) is 15.4. The standard InChI is InChI=1S/C16H17BrN2O2/c1-10(12-4-6-13(17)7-5-12)18-15-9-8-14(11(2)19-15)16(20)21-3/h4-10H,1-3H3,(H,18,19). The molecular formula is C16H17BrN2O2. The van der Waals surface area contributed by atoms with Crippen LogP contribution in [0.1, 0.15) is 34.6 Å². The van der Waals surface area contributed by atoms with Crippen LogP contribution in [0.3, 0.4) is 0 Å². The lowest BCUT2D eigenvalue weighted by molar-refractivity contribution is 0.0599. The van der Waals surface area contributed by atoms with Gasteiger partial charge in [0.2, 0.25) is 0 Å². The maximum absolute atomic E-state index is 11.5. The summed E-state index contributed by atoms with van der Waals surface area (Å²) >= 11 is 3.42. The van der Waals surface area contributed by atoms with Crippen LogP contribution in [0.25, 0.3) is 0 Å². The van der Waals surface area contributed by atoms with E-state index >= 15 is 0 Å². The Hall–Kier alpha value is -1.88. The zero-order valence-corrected chi connectivity index (χ0v) is 13.8. The Bertz CT molecular complexity index is 641. The fourth-order valence-electron chi connectivity index (χ4n) is 2.02. The van der Waals surface area contributed by atoms with Crippen LogP contribution in [0.2, 0.25) is 0 Å². The average Bonchev–Trinajstić information content (AvgIpc) is 2.47. The van der Waals surface area contributed by atoms with Crippen LogP contribution < -0.4 is 5.32 Å². The smallest absolute Gasteiger partial charge is 0.339 e. The fraction of sp³-hybridized carbons (Fsp3) is 0.250. The molecule has 0 radical (unpaired) electrons. The van der Waals surface area contributed by atoms with Crippen molar-refractivity contribution >= 4 is 27.7 Å². The second-order valence-electron chi connectivity index (χ2n) is 4.74. The molecule has 1 aromatic carbocycles. The van der Waals surface area contributed by atoms with Crippen molar-refractivity contribution in [2.24, 2.45) is 0 Å². The normalized spacial score (nSPS) is 11.8. The molecule has 2 aromatic rings. The van der Waals surface area contributed by atoms with Crippen LogP contribution in [0.5, 0.6) is 0 Å². The summed E-state index contributed by atoms with van der Waals surface area (Å²) in [5.74, 6) is 0.364. The van der Waals surface area contributed by atoms with E-state index in [9.17, 15) is 4.79 Å².